The topological polar surface area (TPSA) is 69.7 Å². The van der Waals surface area contributed by atoms with Crippen LogP contribution in [0.25, 0.3) is 0 Å². The number of thiophene rings is 1. The average Bonchev–Trinajstić information content (AvgIpc) is 3.43. The van der Waals surface area contributed by atoms with E-state index in [4.69, 9.17) is 0 Å². The highest BCUT2D eigenvalue weighted by molar-refractivity contribution is 7.94. The Labute approximate surface area is 176 Å². The van der Waals surface area contributed by atoms with Gasteiger partial charge in [-0.05, 0) is 80.4 Å². The largest absolute Gasteiger partial charge is 0.339 e. The van der Waals surface area contributed by atoms with Gasteiger partial charge in [-0.25, -0.2) is 8.42 Å². The summed E-state index contributed by atoms with van der Waals surface area (Å²) >= 11 is 1.17. The van der Waals surface area contributed by atoms with E-state index < -0.39 is 10.0 Å². The molecule has 2 aliphatic rings. The fraction of sp³-hybridized carbons (Fsp3) is 0.476. The first kappa shape index (κ1) is 20.4. The van der Waals surface area contributed by atoms with E-state index in [1.165, 1.54) is 43.8 Å². The molecule has 1 amide bonds. The summed E-state index contributed by atoms with van der Waals surface area (Å²) < 4.78 is 27.4. The van der Waals surface area contributed by atoms with Crippen molar-refractivity contribution < 1.29 is 13.2 Å². The van der Waals surface area contributed by atoms with Gasteiger partial charge in [-0.3, -0.25) is 9.52 Å². The van der Waals surface area contributed by atoms with E-state index in [9.17, 15) is 13.2 Å². The SMILES string of the molecule is O=C(c1ccc(NS(=O)(=O)c2cccs2)cc1)N1CCC(CN2CCCC2)CC1. The molecule has 2 saturated heterocycles. The summed E-state index contributed by atoms with van der Waals surface area (Å²) in [5.41, 5.74) is 1.06. The lowest BCUT2D eigenvalue weighted by molar-refractivity contribution is 0.0673. The first-order valence-corrected chi connectivity index (χ1v) is 12.6. The number of piperidine rings is 1. The van der Waals surface area contributed by atoms with Gasteiger partial charge in [0.05, 0.1) is 0 Å². The van der Waals surface area contributed by atoms with E-state index in [0.29, 0.717) is 17.2 Å². The molecule has 0 spiro atoms. The molecule has 2 fully saturated rings. The molecule has 1 aromatic heterocycles. The third kappa shape index (κ3) is 4.99. The molecule has 0 unspecified atom stereocenters. The molecule has 29 heavy (non-hydrogen) atoms. The van der Waals surface area contributed by atoms with E-state index in [2.05, 4.69) is 9.62 Å². The van der Waals surface area contributed by atoms with Gasteiger partial charge in [0.2, 0.25) is 0 Å². The molecule has 6 nitrogen and oxygen atoms in total. The molecule has 3 heterocycles. The number of nitrogens with zero attached hydrogens (tertiary/aromatic N) is 2. The van der Waals surface area contributed by atoms with E-state index in [1.54, 1.807) is 41.8 Å². The van der Waals surface area contributed by atoms with Crippen LogP contribution >= 0.6 is 11.3 Å². The Morgan fingerprint density at radius 3 is 2.34 bits per heavy atom. The molecule has 4 rings (SSSR count). The molecular formula is C21H27N3O3S2. The summed E-state index contributed by atoms with van der Waals surface area (Å²) in [6, 6.07) is 9.97. The number of amides is 1. The van der Waals surface area contributed by atoms with Crippen molar-refractivity contribution in [3.8, 4) is 0 Å². The second-order valence-electron chi connectivity index (χ2n) is 7.86. The number of carbonyl (C=O) groups excluding carboxylic acids is 1. The lowest BCUT2D eigenvalue weighted by atomic mass is 9.95. The minimum absolute atomic E-state index is 0.0253. The molecule has 1 N–H and O–H groups in total. The van der Waals surface area contributed by atoms with Crippen molar-refractivity contribution in [2.75, 3.05) is 37.4 Å². The van der Waals surface area contributed by atoms with Crippen LogP contribution in [0.1, 0.15) is 36.0 Å². The number of rotatable bonds is 6. The quantitative estimate of drug-likeness (QED) is 0.757. The van der Waals surface area contributed by atoms with Crippen LogP contribution in [0.15, 0.2) is 46.0 Å². The van der Waals surface area contributed by atoms with Crippen LogP contribution in [0.2, 0.25) is 0 Å². The molecule has 1 aromatic carbocycles. The Kier molecular flexibility index (Phi) is 6.22. The maximum absolute atomic E-state index is 12.8. The van der Waals surface area contributed by atoms with Gasteiger partial charge in [-0.1, -0.05) is 6.07 Å². The van der Waals surface area contributed by atoms with Crippen molar-refractivity contribution in [1.82, 2.24) is 9.80 Å². The minimum atomic E-state index is -3.57. The van der Waals surface area contributed by atoms with Gasteiger partial charge in [0.15, 0.2) is 0 Å². The van der Waals surface area contributed by atoms with Crippen molar-refractivity contribution in [1.29, 1.82) is 0 Å². The third-order valence-corrected chi connectivity index (χ3v) is 8.54. The van der Waals surface area contributed by atoms with Crippen LogP contribution in [0.4, 0.5) is 5.69 Å². The van der Waals surface area contributed by atoms with Crippen LogP contribution in [0.5, 0.6) is 0 Å². The van der Waals surface area contributed by atoms with Crippen LogP contribution in [0, 0.1) is 5.92 Å². The second-order valence-corrected chi connectivity index (χ2v) is 10.7. The Morgan fingerprint density at radius 1 is 1.03 bits per heavy atom. The van der Waals surface area contributed by atoms with Gasteiger partial charge >= 0.3 is 0 Å². The Balaban J connectivity index is 1.31. The first-order chi connectivity index (χ1) is 14.0. The lowest BCUT2D eigenvalue weighted by Crippen LogP contribution is -2.41. The molecule has 0 saturated carbocycles. The number of sulfonamides is 1. The van der Waals surface area contributed by atoms with Crippen LogP contribution in [0.3, 0.4) is 0 Å². The molecule has 0 atom stereocenters. The zero-order valence-electron chi connectivity index (χ0n) is 16.4. The molecule has 0 bridgehead atoms. The Hall–Kier alpha value is -1.90. The van der Waals surface area contributed by atoms with Crippen molar-refractivity contribution in [3.05, 3.63) is 47.3 Å². The second kappa shape index (κ2) is 8.85. The summed E-state index contributed by atoms with van der Waals surface area (Å²) in [5.74, 6) is 0.712. The highest BCUT2D eigenvalue weighted by Crippen LogP contribution is 2.23. The number of hydrogen-bond donors (Lipinski definition) is 1. The van der Waals surface area contributed by atoms with Crippen LogP contribution < -0.4 is 4.72 Å². The maximum Gasteiger partial charge on any atom is 0.271 e. The number of likely N-dealkylation sites (tertiary alicyclic amines) is 2. The van der Waals surface area contributed by atoms with Crippen molar-refractivity contribution in [2.24, 2.45) is 5.92 Å². The van der Waals surface area contributed by atoms with E-state index in [1.807, 2.05) is 4.90 Å². The standard InChI is InChI=1S/C21H27N3O3S2/c25-21(24-13-9-17(10-14-24)16-23-11-1-2-12-23)18-5-7-19(8-6-18)22-29(26,27)20-4-3-15-28-20/h3-8,15,17,22H,1-2,9-14,16H2. The van der Waals surface area contributed by atoms with Gasteiger partial charge in [-0.2, -0.15) is 0 Å². The van der Waals surface area contributed by atoms with Gasteiger partial charge < -0.3 is 9.80 Å². The zero-order chi connectivity index (χ0) is 20.3. The Bertz CT molecular complexity index is 913. The third-order valence-electron chi connectivity index (χ3n) is 5.76. The Morgan fingerprint density at radius 2 is 1.72 bits per heavy atom. The predicted octanol–water partition coefficient (Wildman–Crippen LogP) is 3.50. The number of nitrogens with one attached hydrogen (secondary N) is 1. The van der Waals surface area contributed by atoms with E-state index >= 15 is 0 Å². The molecule has 156 valence electrons. The van der Waals surface area contributed by atoms with Gasteiger partial charge in [0.25, 0.3) is 15.9 Å². The normalized spacial score (nSPS) is 18.8. The number of anilines is 1. The number of carbonyl (C=O) groups is 1. The number of hydrogen-bond acceptors (Lipinski definition) is 5. The highest BCUT2D eigenvalue weighted by atomic mass is 32.2. The van der Waals surface area contributed by atoms with Crippen LogP contribution in [-0.4, -0.2) is 56.8 Å². The summed E-state index contributed by atoms with van der Waals surface area (Å²) in [6.45, 7) is 5.21. The predicted molar refractivity (Wildman–Crippen MR) is 116 cm³/mol. The van der Waals surface area contributed by atoms with Crippen LogP contribution in [-0.2, 0) is 10.0 Å². The first-order valence-electron chi connectivity index (χ1n) is 10.2. The average molecular weight is 434 g/mol. The summed E-state index contributed by atoms with van der Waals surface area (Å²) in [4.78, 5) is 17.3. The summed E-state index contributed by atoms with van der Waals surface area (Å²) in [5, 5.41) is 1.73. The summed E-state index contributed by atoms with van der Waals surface area (Å²) in [7, 11) is -3.57. The molecule has 0 aliphatic carbocycles. The van der Waals surface area contributed by atoms with Crippen molar-refractivity contribution in [3.63, 3.8) is 0 Å². The fourth-order valence-electron chi connectivity index (χ4n) is 4.13. The van der Waals surface area contributed by atoms with Gasteiger partial charge in [0, 0.05) is 30.9 Å². The number of benzene rings is 1. The molecule has 2 aliphatic heterocycles. The molecular weight excluding hydrogens is 406 g/mol. The fourth-order valence-corrected chi connectivity index (χ4v) is 6.19. The van der Waals surface area contributed by atoms with E-state index in [-0.39, 0.29) is 10.1 Å². The smallest absolute Gasteiger partial charge is 0.271 e. The summed E-state index contributed by atoms with van der Waals surface area (Å²) in [6.07, 6.45) is 4.75. The molecule has 2 aromatic rings. The monoisotopic (exact) mass is 433 g/mol. The molecule has 8 heteroatoms. The van der Waals surface area contributed by atoms with Gasteiger partial charge in [0.1, 0.15) is 4.21 Å². The van der Waals surface area contributed by atoms with Gasteiger partial charge in [-0.15, -0.1) is 11.3 Å². The lowest BCUT2D eigenvalue weighted by Gasteiger charge is -2.34. The maximum atomic E-state index is 12.8. The zero-order valence-corrected chi connectivity index (χ0v) is 18.1. The van der Waals surface area contributed by atoms with Crippen molar-refractivity contribution >= 4 is 33.0 Å². The highest BCUT2D eigenvalue weighted by Gasteiger charge is 2.26. The van der Waals surface area contributed by atoms with Crippen molar-refractivity contribution in [2.45, 2.75) is 29.9 Å². The molecule has 0 radical (unpaired) electrons. The van der Waals surface area contributed by atoms with E-state index in [0.717, 1.165) is 25.9 Å². The minimum Gasteiger partial charge on any atom is -0.339 e.